The number of aliphatic carboxylic acids is 1. The second-order valence-corrected chi connectivity index (χ2v) is 8.07. The van der Waals surface area contributed by atoms with Crippen LogP contribution in [0.4, 0.5) is 0 Å². The fourth-order valence-electron chi connectivity index (χ4n) is 1.17. The van der Waals surface area contributed by atoms with Crippen LogP contribution in [0.1, 0.15) is 26.2 Å². The lowest BCUT2D eigenvalue weighted by atomic mass is 10.1. The van der Waals surface area contributed by atoms with Crippen LogP contribution in [0.5, 0.6) is 0 Å². The van der Waals surface area contributed by atoms with Crippen LogP contribution in [0.15, 0.2) is 0 Å². The van der Waals surface area contributed by atoms with Gasteiger partial charge in [-0.25, -0.2) is 21.6 Å². The van der Waals surface area contributed by atoms with Crippen molar-refractivity contribution >= 4 is 25.8 Å². The van der Waals surface area contributed by atoms with Crippen LogP contribution in [0.3, 0.4) is 0 Å². The zero-order valence-electron chi connectivity index (χ0n) is 9.71. The first-order valence-electron chi connectivity index (χ1n) is 4.98. The number of sulfonamides is 1. The van der Waals surface area contributed by atoms with Crippen LogP contribution in [0.2, 0.25) is 0 Å². The Bertz CT molecular complexity index is 452. The van der Waals surface area contributed by atoms with Gasteiger partial charge in [0.25, 0.3) is 0 Å². The highest BCUT2D eigenvalue weighted by molar-refractivity contribution is 8.06. The van der Waals surface area contributed by atoms with Crippen molar-refractivity contribution in [3.05, 3.63) is 0 Å². The van der Waals surface area contributed by atoms with E-state index in [1.54, 1.807) is 0 Å². The third-order valence-electron chi connectivity index (χ3n) is 1.84. The number of carboxylic acids is 1. The molecule has 0 aliphatic rings. The van der Waals surface area contributed by atoms with Crippen molar-refractivity contribution in [2.24, 2.45) is 0 Å². The van der Waals surface area contributed by atoms with Crippen molar-refractivity contribution in [1.82, 2.24) is 4.72 Å². The maximum absolute atomic E-state index is 11.4. The van der Waals surface area contributed by atoms with E-state index in [2.05, 4.69) is 0 Å². The number of carboxylic acid groups (broad SMARTS) is 1. The van der Waals surface area contributed by atoms with Crippen LogP contribution in [0.25, 0.3) is 0 Å². The van der Waals surface area contributed by atoms with Gasteiger partial charge in [-0.1, -0.05) is 19.8 Å². The van der Waals surface area contributed by atoms with Crippen molar-refractivity contribution in [3.63, 3.8) is 0 Å². The molecule has 0 amide bonds. The molecular formula is C8H17NO6S2. The van der Waals surface area contributed by atoms with E-state index in [1.807, 2.05) is 11.6 Å². The first kappa shape index (κ1) is 16.3. The number of hydrogen-bond acceptors (Lipinski definition) is 5. The van der Waals surface area contributed by atoms with E-state index >= 15 is 0 Å². The summed E-state index contributed by atoms with van der Waals surface area (Å²) < 4.78 is 46.3. The molecule has 0 aliphatic carbocycles. The summed E-state index contributed by atoms with van der Waals surface area (Å²) in [5, 5.41) is 7.68. The highest BCUT2D eigenvalue weighted by atomic mass is 32.3. The molecule has 0 fully saturated rings. The monoisotopic (exact) mass is 287 g/mol. The highest BCUT2D eigenvalue weighted by Crippen LogP contribution is 2.04. The third kappa shape index (κ3) is 8.11. The van der Waals surface area contributed by atoms with E-state index in [0.29, 0.717) is 6.42 Å². The standard InChI is InChI=1S/C8H17NO6S2/c1-3-4-5-7(8(10)11)9-17(14,15)6-16(2,12)13/h7,9H,3-6H2,1-2H3,(H,10,11). The van der Waals surface area contributed by atoms with E-state index in [1.165, 1.54) is 0 Å². The van der Waals surface area contributed by atoms with Crippen LogP contribution < -0.4 is 4.72 Å². The molecule has 9 heteroatoms. The van der Waals surface area contributed by atoms with Gasteiger partial charge < -0.3 is 5.11 Å². The minimum atomic E-state index is -4.13. The van der Waals surface area contributed by atoms with Gasteiger partial charge >= 0.3 is 5.97 Å². The Kier molecular flexibility index (Phi) is 6.06. The number of nitrogens with one attached hydrogen (secondary N) is 1. The molecule has 0 spiro atoms. The number of sulfone groups is 1. The van der Waals surface area contributed by atoms with E-state index in [9.17, 15) is 21.6 Å². The summed E-state index contributed by atoms with van der Waals surface area (Å²) >= 11 is 0. The van der Waals surface area contributed by atoms with E-state index in [0.717, 1.165) is 12.7 Å². The SMILES string of the molecule is CCCCC(NS(=O)(=O)CS(C)(=O)=O)C(=O)O. The largest absolute Gasteiger partial charge is 0.480 e. The van der Waals surface area contributed by atoms with Crippen LogP contribution in [0, 0.1) is 0 Å². The zero-order chi connectivity index (χ0) is 13.7. The number of unbranched alkanes of at least 4 members (excludes halogenated alkanes) is 1. The Morgan fingerprint density at radius 2 is 1.82 bits per heavy atom. The molecule has 0 heterocycles. The second-order valence-electron chi connectivity index (χ2n) is 3.81. The Balaban J connectivity index is 4.70. The summed E-state index contributed by atoms with van der Waals surface area (Å²) in [6, 6.07) is -1.28. The van der Waals surface area contributed by atoms with Gasteiger partial charge in [0.15, 0.2) is 14.9 Å². The lowest BCUT2D eigenvalue weighted by Gasteiger charge is -2.13. The molecule has 7 nitrogen and oxygen atoms in total. The average molecular weight is 287 g/mol. The summed E-state index contributed by atoms with van der Waals surface area (Å²) in [5.74, 6) is -1.31. The Hall–Kier alpha value is -0.670. The molecule has 0 radical (unpaired) electrons. The van der Waals surface area contributed by atoms with Gasteiger partial charge in [-0.2, -0.15) is 0 Å². The first-order valence-corrected chi connectivity index (χ1v) is 8.69. The maximum Gasteiger partial charge on any atom is 0.321 e. The molecule has 17 heavy (non-hydrogen) atoms. The van der Waals surface area contributed by atoms with Gasteiger partial charge in [0, 0.05) is 6.26 Å². The smallest absolute Gasteiger partial charge is 0.321 e. The third-order valence-corrected chi connectivity index (χ3v) is 5.43. The minimum absolute atomic E-state index is 0.134. The quantitative estimate of drug-likeness (QED) is 0.624. The predicted molar refractivity (Wildman–Crippen MR) is 62.7 cm³/mol. The topological polar surface area (TPSA) is 118 Å². The van der Waals surface area contributed by atoms with Gasteiger partial charge in [0.2, 0.25) is 10.0 Å². The van der Waals surface area contributed by atoms with Crippen molar-refractivity contribution in [2.75, 3.05) is 11.3 Å². The number of carbonyl (C=O) groups is 1. The minimum Gasteiger partial charge on any atom is -0.480 e. The van der Waals surface area contributed by atoms with Crippen LogP contribution >= 0.6 is 0 Å². The van der Waals surface area contributed by atoms with Gasteiger partial charge in [-0.15, -0.1) is 0 Å². The van der Waals surface area contributed by atoms with Crippen LogP contribution in [-0.2, 0) is 24.7 Å². The molecule has 2 N–H and O–H groups in total. The second kappa shape index (κ2) is 6.31. The van der Waals surface area contributed by atoms with Crippen LogP contribution in [-0.4, -0.2) is 45.3 Å². The van der Waals surface area contributed by atoms with Crippen molar-refractivity contribution < 1.29 is 26.7 Å². The molecule has 0 aliphatic heterocycles. The van der Waals surface area contributed by atoms with Crippen molar-refractivity contribution in [1.29, 1.82) is 0 Å². The Morgan fingerprint density at radius 1 is 1.29 bits per heavy atom. The van der Waals surface area contributed by atoms with Gasteiger partial charge in [-0.3, -0.25) is 4.79 Å². The van der Waals surface area contributed by atoms with E-state index in [4.69, 9.17) is 5.11 Å². The molecule has 1 atom stereocenters. The fraction of sp³-hybridized carbons (Fsp3) is 0.875. The van der Waals surface area contributed by atoms with Gasteiger partial charge in [-0.05, 0) is 6.42 Å². The molecule has 102 valence electrons. The zero-order valence-corrected chi connectivity index (χ0v) is 11.3. The van der Waals surface area contributed by atoms with E-state index < -0.39 is 37.0 Å². The Labute approximate surface area is 101 Å². The Morgan fingerprint density at radius 3 is 2.18 bits per heavy atom. The summed E-state index contributed by atoms with van der Waals surface area (Å²) in [4.78, 5) is 10.8. The summed E-state index contributed by atoms with van der Waals surface area (Å²) in [7, 11) is -7.85. The van der Waals surface area contributed by atoms with E-state index in [-0.39, 0.29) is 6.42 Å². The lowest BCUT2D eigenvalue weighted by Crippen LogP contribution is -2.42. The first-order chi connectivity index (χ1) is 7.57. The molecule has 0 bridgehead atoms. The summed E-state index contributed by atoms with van der Waals surface area (Å²) in [6.45, 7) is 1.84. The normalized spacial score (nSPS) is 14.5. The summed E-state index contributed by atoms with van der Waals surface area (Å²) in [5.41, 5.74) is 0. The van der Waals surface area contributed by atoms with Crippen molar-refractivity contribution in [3.8, 4) is 0 Å². The highest BCUT2D eigenvalue weighted by Gasteiger charge is 2.26. The molecular weight excluding hydrogens is 270 g/mol. The average Bonchev–Trinajstić information content (AvgIpc) is 2.07. The molecule has 0 aromatic rings. The molecule has 0 aromatic carbocycles. The molecule has 0 saturated carbocycles. The molecule has 0 saturated heterocycles. The lowest BCUT2D eigenvalue weighted by molar-refractivity contribution is -0.139. The van der Waals surface area contributed by atoms with Crippen molar-refractivity contribution in [2.45, 2.75) is 32.2 Å². The number of rotatable bonds is 8. The fourth-order valence-corrected chi connectivity index (χ4v) is 4.35. The maximum atomic E-state index is 11.4. The summed E-state index contributed by atoms with van der Waals surface area (Å²) in [6.07, 6.45) is 2.17. The molecule has 0 rings (SSSR count). The molecule has 0 aromatic heterocycles. The number of hydrogen-bond donors (Lipinski definition) is 2. The van der Waals surface area contributed by atoms with Gasteiger partial charge in [0.1, 0.15) is 6.04 Å². The molecule has 1 unspecified atom stereocenters. The van der Waals surface area contributed by atoms with Gasteiger partial charge in [0.05, 0.1) is 0 Å². The predicted octanol–water partition coefficient (Wildman–Crippen LogP) is -0.449.